The summed E-state index contributed by atoms with van der Waals surface area (Å²) in [5.74, 6) is -2.42. The molecule has 46 heavy (non-hydrogen) atoms. The number of hydrogen-bond donors (Lipinski definition) is 2. The van der Waals surface area contributed by atoms with E-state index in [9.17, 15) is 27.6 Å². The van der Waals surface area contributed by atoms with Gasteiger partial charge in [-0.2, -0.15) is 18.2 Å². The maximum Gasteiger partial charge on any atom is 0.471 e. The lowest BCUT2D eigenvalue weighted by molar-refractivity contribution is -0.174. The van der Waals surface area contributed by atoms with Gasteiger partial charge in [0, 0.05) is 19.7 Å². The molecule has 4 atom stereocenters. The molecule has 3 rings (SSSR count). The third kappa shape index (κ3) is 8.44. The Bertz CT molecular complexity index is 1250. The number of ether oxygens (including phenoxy) is 3. The third-order valence-corrected chi connectivity index (χ3v) is 18.4. The predicted octanol–water partition coefficient (Wildman–Crippen LogP) is 4.09. The van der Waals surface area contributed by atoms with Gasteiger partial charge < -0.3 is 37.8 Å². The maximum absolute atomic E-state index is 13.2. The molecular formula is C28H47F3N4O9Si2. The highest BCUT2D eigenvalue weighted by molar-refractivity contribution is 6.84. The van der Waals surface area contributed by atoms with E-state index in [1.807, 2.05) is 0 Å². The maximum atomic E-state index is 13.2. The molecule has 1 aromatic heterocycles. The summed E-state index contributed by atoms with van der Waals surface area (Å²) in [6, 6.07) is 1.45. The SMILES string of the molecule is CC(=O)Nc1ccn([C@@H]2O[C@@H]3CO[Si](C(C)C)(C(C)C)O[Si](C(C)C)(C(C)C)OC3[C@@H]2OCOCCNC(=O)C(F)(F)F)c(=O)n1. The quantitative estimate of drug-likeness (QED) is 0.186. The number of nitrogens with one attached hydrogen (secondary N) is 2. The summed E-state index contributed by atoms with van der Waals surface area (Å²) in [7, 11) is -6.05. The molecule has 0 spiro atoms. The Morgan fingerprint density at radius 2 is 1.67 bits per heavy atom. The summed E-state index contributed by atoms with van der Waals surface area (Å²) < 4.78 is 77.8. The molecule has 262 valence electrons. The van der Waals surface area contributed by atoms with Gasteiger partial charge in [-0.15, -0.1) is 0 Å². The van der Waals surface area contributed by atoms with E-state index in [0.717, 1.165) is 0 Å². The van der Waals surface area contributed by atoms with Gasteiger partial charge in [-0.3, -0.25) is 14.2 Å². The first kappa shape index (κ1) is 38.3. The smallest absolute Gasteiger partial charge is 0.414 e. The average molecular weight is 697 g/mol. The van der Waals surface area contributed by atoms with Gasteiger partial charge in [0.2, 0.25) is 5.91 Å². The van der Waals surface area contributed by atoms with E-state index in [-0.39, 0.29) is 41.2 Å². The highest BCUT2D eigenvalue weighted by Crippen LogP contribution is 2.48. The van der Waals surface area contributed by atoms with Gasteiger partial charge in [-0.1, -0.05) is 55.4 Å². The van der Waals surface area contributed by atoms with Crippen molar-refractivity contribution in [2.75, 3.05) is 31.9 Å². The monoisotopic (exact) mass is 696 g/mol. The zero-order valence-corrected chi connectivity index (χ0v) is 29.8. The van der Waals surface area contributed by atoms with Crippen LogP contribution in [0.1, 0.15) is 68.5 Å². The number of amides is 2. The zero-order chi connectivity index (χ0) is 34.6. The molecule has 2 aliphatic heterocycles. The summed E-state index contributed by atoms with van der Waals surface area (Å²) in [6.45, 7) is 16.9. The van der Waals surface area contributed by atoms with E-state index in [2.05, 4.69) is 65.7 Å². The molecule has 1 unspecified atom stereocenters. The molecule has 0 bridgehead atoms. The van der Waals surface area contributed by atoms with Crippen molar-refractivity contribution in [1.82, 2.24) is 14.9 Å². The first-order valence-corrected chi connectivity index (χ1v) is 19.4. The van der Waals surface area contributed by atoms with Crippen molar-refractivity contribution in [3.05, 3.63) is 22.7 Å². The molecule has 2 N–H and O–H groups in total. The van der Waals surface area contributed by atoms with Crippen LogP contribution in [0, 0.1) is 0 Å². The van der Waals surface area contributed by atoms with Gasteiger partial charge in [0.05, 0.1) is 13.2 Å². The van der Waals surface area contributed by atoms with Crippen LogP contribution in [-0.2, 0) is 36.8 Å². The lowest BCUT2D eigenvalue weighted by Crippen LogP contribution is -2.66. The van der Waals surface area contributed by atoms with Gasteiger partial charge in [-0.25, -0.2) is 4.79 Å². The number of aromatic nitrogens is 2. The second-order valence-electron chi connectivity index (χ2n) is 12.7. The Morgan fingerprint density at radius 1 is 1.07 bits per heavy atom. The van der Waals surface area contributed by atoms with Crippen molar-refractivity contribution in [2.24, 2.45) is 0 Å². The number of halogens is 3. The Labute approximate surface area is 269 Å². The number of anilines is 1. The van der Waals surface area contributed by atoms with Gasteiger partial charge in [0.15, 0.2) is 6.23 Å². The van der Waals surface area contributed by atoms with Gasteiger partial charge in [0.25, 0.3) is 0 Å². The second-order valence-corrected chi connectivity index (χ2v) is 21.6. The highest BCUT2D eigenvalue weighted by Gasteiger charge is 2.62. The number of carbonyl (C=O) groups is 2. The Kier molecular flexibility index (Phi) is 12.8. The number of alkyl halides is 3. The predicted molar refractivity (Wildman–Crippen MR) is 165 cm³/mol. The van der Waals surface area contributed by atoms with Gasteiger partial charge >= 0.3 is 34.9 Å². The standard InChI is InChI=1S/C28H47F3N4O9Si2/c1-16(2)45(17(3)4)41-14-21-23(43-46(44-45,18(5)6)19(7)8)24(40-15-39-13-11-32-26(37)28(29,30)31)25(42-21)35-12-10-22(33-20(9)36)34-27(35)38/h10,12,16-19,21,23-25H,11,13-15H2,1-9H3,(H,32,37)(H,33,34,36,38)/t21-,23?,24+,25-/m1/s1. The third-order valence-electron chi connectivity index (χ3n) is 8.16. The van der Waals surface area contributed by atoms with Crippen LogP contribution in [-0.4, -0.2) is 89.5 Å². The minimum atomic E-state index is -5.01. The summed E-state index contributed by atoms with van der Waals surface area (Å²) >= 11 is 0. The van der Waals surface area contributed by atoms with Crippen LogP contribution in [0.25, 0.3) is 0 Å². The van der Waals surface area contributed by atoms with Crippen LogP contribution in [0.2, 0.25) is 22.2 Å². The molecule has 13 nitrogen and oxygen atoms in total. The topological polar surface area (TPSA) is 148 Å². The van der Waals surface area contributed by atoms with Crippen LogP contribution in [0.3, 0.4) is 0 Å². The van der Waals surface area contributed by atoms with Crippen LogP contribution >= 0.6 is 0 Å². The number of nitrogens with zero attached hydrogens (tertiary/aromatic N) is 2. The molecular weight excluding hydrogens is 649 g/mol. The fourth-order valence-corrected chi connectivity index (χ4v) is 17.1. The molecule has 0 aromatic carbocycles. The number of carbonyl (C=O) groups excluding carboxylic acids is 2. The highest BCUT2D eigenvalue weighted by atomic mass is 28.5. The fourth-order valence-electron chi connectivity index (χ4n) is 5.90. The van der Waals surface area contributed by atoms with Crippen molar-refractivity contribution in [2.45, 2.75) is 115 Å². The Hall–Kier alpha value is -2.20. The average Bonchev–Trinajstić information content (AvgIpc) is 3.24. The van der Waals surface area contributed by atoms with Gasteiger partial charge in [0.1, 0.15) is 30.9 Å². The lowest BCUT2D eigenvalue weighted by atomic mass is 10.1. The molecule has 0 saturated carbocycles. The van der Waals surface area contributed by atoms with Crippen molar-refractivity contribution >= 4 is 34.8 Å². The van der Waals surface area contributed by atoms with Crippen molar-refractivity contribution in [1.29, 1.82) is 0 Å². The van der Waals surface area contributed by atoms with Crippen LogP contribution < -0.4 is 16.3 Å². The molecule has 2 fully saturated rings. The van der Waals surface area contributed by atoms with Crippen LogP contribution in [0.15, 0.2) is 17.1 Å². The van der Waals surface area contributed by atoms with E-state index < -0.39 is 78.7 Å². The summed E-state index contributed by atoms with van der Waals surface area (Å²) in [6.07, 6.45) is -7.11. The molecule has 18 heteroatoms. The van der Waals surface area contributed by atoms with Crippen LogP contribution in [0.5, 0.6) is 0 Å². The number of rotatable bonds is 12. The van der Waals surface area contributed by atoms with E-state index >= 15 is 0 Å². The largest absolute Gasteiger partial charge is 0.471 e. The van der Waals surface area contributed by atoms with E-state index in [4.69, 9.17) is 27.2 Å². The molecule has 2 saturated heterocycles. The van der Waals surface area contributed by atoms with Crippen molar-refractivity contribution in [3.8, 4) is 0 Å². The van der Waals surface area contributed by atoms with Crippen molar-refractivity contribution in [3.63, 3.8) is 0 Å². The van der Waals surface area contributed by atoms with Crippen molar-refractivity contribution < 1.29 is 49.9 Å². The fraction of sp³-hybridized carbons (Fsp3) is 0.786. The van der Waals surface area contributed by atoms with Crippen LogP contribution in [0.4, 0.5) is 19.0 Å². The molecule has 0 aliphatic carbocycles. The van der Waals surface area contributed by atoms with E-state index in [0.29, 0.717) is 0 Å². The molecule has 2 aliphatic rings. The summed E-state index contributed by atoms with van der Waals surface area (Å²) in [5.41, 5.74) is -0.597. The van der Waals surface area contributed by atoms with Gasteiger partial charge in [-0.05, 0) is 28.2 Å². The first-order chi connectivity index (χ1) is 21.4. The zero-order valence-electron chi connectivity index (χ0n) is 27.8. The minimum absolute atomic E-state index is 0.0197. The number of hydrogen-bond acceptors (Lipinski definition) is 10. The molecule has 1 aromatic rings. The summed E-state index contributed by atoms with van der Waals surface area (Å²) in [4.78, 5) is 39.8. The normalized spacial score (nSPS) is 24.6. The second kappa shape index (κ2) is 15.4. The van der Waals surface area contributed by atoms with E-state index in [1.54, 1.807) is 5.32 Å². The Balaban J connectivity index is 1.98. The lowest BCUT2D eigenvalue weighted by Gasteiger charge is -2.51. The molecule has 0 radical (unpaired) electrons. The number of fused-ring (bicyclic) bond motifs is 1. The Morgan fingerprint density at radius 3 is 2.20 bits per heavy atom. The summed E-state index contributed by atoms with van der Waals surface area (Å²) in [5, 5.41) is 4.20. The molecule has 3 heterocycles. The first-order valence-electron chi connectivity index (χ1n) is 15.4. The minimum Gasteiger partial charge on any atom is -0.414 e. The van der Waals surface area contributed by atoms with E-state index in [1.165, 1.54) is 23.8 Å². The molecule has 2 amide bonds.